The minimum absolute atomic E-state index is 0.0998. The van der Waals surface area contributed by atoms with Crippen molar-refractivity contribution in [3.8, 4) is 0 Å². The summed E-state index contributed by atoms with van der Waals surface area (Å²) in [4.78, 5) is 16.0. The van der Waals surface area contributed by atoms with E-state index in [9.17, 15) is 18.0 Å². The Morgan fingerprint density at radius 3 is 2.57 bits per heavy atom. The van der Waals surface area contributed by atoms with Crippen molar-refractivity contribution in [2.45, 2.75) is 26.1 Å². The van der Waals surface area contributed by atoms with E-state index in [-0.39, 0.29) is 17.4 Å². The van der Waals surface area contributed by atoms with E-state index < -0.39 is 23.7 Å². The first-order valence-electron chi connectivity index (χ1n) is 6.57. The Hall–Kier alpha value is -2.05. The molecule has 1 aromatic carbocycles. The zero-order valence-electron chi connectivity index (χ0n) is 11.7. The highest BCUT2D eigenvalue weighted by Crippen LogP contribution is 2.35. The van der Waals surface area contributed by atoms with Crippen LogP contribution in [0.25, 0.3) is 0 Å². The van der Waals surface area contributed by atoms with Crippen molar-refractivity contribution < 1.29 is 18.0 Å². The molecule has 0 aliphatic carbocycles. The van der Waals surface area contributed by atoms with E-state index in [1.165, 1.54) is 18.2 Å². The van der Waals surface area contributed by atoms with E-state index >= 15 is 0 Å². The van der Waals surface area contributed by atoms with Gasteiger partial charge in [0.2, 0.25) is 0 Å². The van der Waals surface area contributed by atoms with Gasteiger partial charge in [-0.3, -0.25) is 15.1 Å². The van der Waals surface area contributed by atoms with E-state index in [4.69, 9.17) is 0 Å². The zero-order chi connectivity index (χ0) is 15.6. The van der Waals surface area contributed by atoms with Crippen molar-refractivity contribution in [2.24, 2.45) is 10.9 Å². The monoisotopic (exact) mass is 299 g/mol. The molecule has 1 fully saturated rings. The zero-order valence-corrected chi connectivity index (χ0v) is 11.7. The number of hydrogen-bond acceptors (Lipinski definition) is 2. The van der Waals surface area contributed by atoms with Crippen LogP contribution in [0.2, 0.25) is 0 Å². The molecule has 4 nitrogen and oxygen atoms in total. The number of nitrogens with zero attached hydrogens (tertiary/aromatic N) is 1. The Kier molecular flexibility index (Phi) is 4.20. The van der Waals surface area contributed by atoms with E-state index in [2.05, 4.69) is 15.6 Å². The van der Waals surface area contributed by atoms with Crippen molar-refractivity contribution in [3.63, 3.8) is 0 Å². The lowest BCUT2D eigenvalue weighted by atomic mass is 10.00. The average molecular weight is 299 g/mol. The number of carbonyl (C=O) groups is 1. The smallest absolute Gasteiger partial charge is 0.340 e. The Labute approximate surface area is 120 Å². The summed E-state index contributed by atoms with van der Waals surface area (Å²) < 4.78 is 39.0. The Balaban J connectivity index is 2.28. The highest BCUT2D eigenvalue weighted by atomic mass is 19.4. The molecule has 7 heteroatoms. The Morgan fingerprint density at radius 2 is 1.95 bits per heavy atom. The SMILES string of the molecule is CC(C)CN=C1NC(=O)C(c2ccccc2C(F)(F)F)N1. The molecule has 0 saturated carbocycles. The number of amides is 1. The summed E-state index contributed by atoms with van der Waals surface area (Å²) in [5, 5.41) is 5.18. The summed E-state index contributed by atoms with van der Waals surface area (Å²) in [7, 11) is 0. The average Bonchev–Trinajstić information content (AvgIpc) is 2.76. The van der Waals surface area contributed by atoms with Gasteiger partial charge in [-0.05, 0) is 17.5 Å². The maximum Gasteiger partial charge on any atom is 0.416 e. The molecule has 1 aliphatic rings. The summed E-state index contributed by atoms with van der Waals surface area (Å²) in [6.45, 7) is 4.39. The van der Waals surface area contributed by atoms with Gasteiger partial charge in [0.25, 0.3) is 5.91 Å². The normalized spacial score (nSPS) is 20.8. The van der Waals surface area contributed by atoms with Crippen molar-refractivity contribution in [1.29, 1.82) is 0 Å². The number of guanidine groups is 1. The molecule has 0 aromatic heterocycles. The lowest BCUT2D eigenvalue weighted by Crippen LogP contribution is -2.26. The van der Waals surface area contributed by atoms with E-state index in [0.717, 1.165) is 6.07 Å². The first-order valence-corrected chi connectivity index (χ1v) is 6.57. The van der Waals surface area contributed by atoms with E-state index in [1.807, 2.05) is 13.8 Å². The molecule has 1 unspecified atom stereocenters. The van der Waals surface area contributed by atoms with Crippen LogP contribution >= 0.6 is 0 Å². The third-order valence-electron chi connectivity index (χ3n) is 2.98. The predicted molar refractivity (Wildman–Crippen MR) is 72.6 cm³/mol. The van der Waals surface area contributed by atoms with Crippen LogP contribution in [0.15, 0.2) is 29.3 Å². The first-order chi connectivity index (χ1) is 9.79. The molecular formula is C14H16F3N3O. The second-order valence-electron chi connectivity index (χ2n) is 5.23. The van der Waals surface area contributed by atoms with Gasteiger partial charge >= 0.3 is 6.18 Å². The molecule has 1 atom stereocenters. The molecule has 0 bridgehead atoms. The molecule has 114 valence electrons. The van der Waals surface area contributed by atoms with Crippen molar-refractivity contribution in [3.05, 3.63) is 35.4 Å². The summed E-state index contributed by atoms with van der Waals surface area (Å²) in [5.74, 6) is -0.0254. The number of alkyl halides is 3. The number of benzene rings is 1. The Morgan fingerprint density at radius 1 is 1.29 bits per heavy atom. The molecule has 1 heterocycles. The number of hydrogen-bond donors (Lipinski definition) is 2. The first kappa shape index (κ1) is 15.3. The van der Waals surface area contributed by atoms with Crippen molar-refractivity contribution in [2.75, 3.05) is 6.54 Å². The van der Waals surface area contributed by atoms with Gasteiger partial charge in [0.15, 0.2) is 5.96 Å². The molecule has 2 N–H and O–H groups in total. The van der Waals surface area contributed by atoms with Gasteiger partial charge in [-0.25, -0.2) is 0 Å². The maximum atomic E-state index is 13.0. The number of aliphatic imine (C=N–C) groups is 1. The largest absolute Gasteiger partial charge is 0.416 e. The molecule has 21 heavy (non-hydrogen) atoms. The van der Waals surface area contributed by atoms with Crippen LogP contribution in [0.3, 0.4) is 0 Å². The number of halogens is 3. The number of rotatable bonds is 3. The van der Waals surface area contributed by atoms with Crippen LogP contribution in [0.4, 0.5) is 13.2 Å². The summed E-state index contributed by atoms with van der Waals surface area (Å²) in [5.41, 5.74) is -0.917. The van der Waals surface area contributed by atoms with Gasteiger partial charge in [-0.2, -0.15) is 13.2 Å². The molecule has 1 aliphatic heterocycles. The van der Waals surface area contributed by atoms with E-state index in [1.54, 1.807) is 0 Å². The Bertz CT molecular complexity index is 567. The summed E-state index contributed by atoms with van der Waals surface area (Å²) >= 11 is 0. The van der Waals surface area contributed by atoms with Gasteiger partial charge in [0, 0.05) is 6.54 Å². The predicted octanol–water partition coefficient (Wildman–Crippen LogP) is 2.48. The summed E-state index contributed by atoms with van der Waals surface area (Å²) in [6.07, 6.45) is -4.50. The molecule has 2 rings (SSSR count). The topological polar surface area (TPSA) is 53.5 Å². The standard InChI is InChI=1S/C14H16F3N3O/c1-8(2)7-18-13-19-11(12(21)20-13)9-5-3-4-6-10(9)14(15,16)17/h3-6,8,11H,7H2,1-2H3,(H2,18,19,20,21). The second kappa shape index (κ2) is 5.75. The fourth-order valence-corrected chi connectivity index (χ4v) is 2.01. The number of nitrogens with one attached hydrogen (secondary N) is 2. The molecule has 0 radical (unpaired) electrons. The third-order valence-corrected chi connectivity index (χ3v) is 2.98. The van der Waals surface area contributed by atoms with Crippen LogP contribution in [0, 0.1) is 5.92 Å². The van der Waals surface area contributed by atoms with Gasteiger partial charge in [-0.1, -0.05) is 32.0 Å². The highest BCUT2D eigenvalue weighted by Gasteiger charge is 2.39. The van der Waals surface area contributed by atoms with Gasteiger partial charge in [0.05, 0.1) is 5.56 Å². The van der Waals surface area contributed by atoms with Crippen molar-refractivity contribution >= 4 is 11.9 Å². The maximum absolute atomic E-state index is 13.0. The minimum atomic E-state index is -4.50. The fourth-order valence-electron chi connectivity index (χ4n) is 2.01. The molecular weight excluding hydrogens is 283 g/mol. The highest BCUT2D eigenvalue weighted by molar-refractivity contribution is 6.06. The van der Waals surface area contributed by atoms with Crippen LogP contribution in [-0.4, -0.2) is 18.4 Å². The minimum Gasteiger partial charge on any atom is -0.340 e. The van der Waals surface area contributed by atoms with Gasteiger partial charge in [-0.15, -0.1) is 0 Å². The van der Waals surface area contributed by atoms with Crippen LogP contribution < -0.4 is 10.6 Å². The van der Waals surface area contributed by atoms with Crippen molar-refractivity contribution in [1.82, 2.24) is 10.6 Å². The summed E-state index contributed by atoms with van der Waals surface area (Å²) in [6, 6.07) is 3.96. The molecule has 1 saturated heterocycles. The third kappa shape index (κ3) is 3.53. The van der Waals surface area contributed by atoms with Gasteiger partial charge < -0.3 is 5.32 Å². The van der Waals surface area contributed by atoms with Crippen LogP contribution in [0.5, 0.6) is 0 Å². The lowest BCUT2D eigenvalue weighted by Gasteiger charge is -2.16. The van der Waals surface area contributed by atoms with Crippen LogP contribution in [-0.2, 0) is 11.0 Å². The molecule has 1 amide bonds. The van der Waals surface area contributed by atoms with Crippen LogP contribution in [0.1, 0.15) is 31.0 Å². The fraction of sp³-hybridized carbons (Fsp3) is 0.429. The molecule has 1 aromatic rings. The second-order valence-corrected chi connectivity index (χ2v) is 5.23. The van der Waals surface area contributed by atoms with Gasteiger partial charge in [0.1, 0.15) is 6.04 Å². The lowest BCUT2D eigenvalue weighted by molar-refractivity contribution is -0.138. The quantitative estimate of drug-likeness (QED) is 0.901. The molecule has 0 spiro atoms. The van der Waals surface area contributed by atoms with E-state index in [0.29, 0.717) is 6.54 Å². The number of carbonyl (C=O) groups excluding carboxylic acids is 1.